The van der Waals surface area contributed by atoms with Crippen LogP contribution in [-0.4, -0.2) is 18.0 Å². The molecule has 0 bridgehead atoms. The Kier molecular flexibility index (Phi) is 7.92. The van der Waals surface area contributed by atoms with Gasteiger partial charge in [0.2, 0.25) is 0 Å². The molecule has 102 valence electrons. The predicted molar refractivity (Wildman–Crippen MR) is 84.6 cm³/mol. The summed E-state index contributed by atoms with van der Waals surface area (Å²) in [7, 11) is 5.89. The summed E-state index contributed by atoms with van der Waals surface area (Å²) in [6, 6.07) is 10.3. The van der Waals surface area contributed by atoms with Crippen LogP contribution in [0.4, 0.5) is 0 Å². The molecule has 0 aromatic heterocycles. The zero-order chi connectivity index (χ0) is 13.9. The number of benzene rings is 1. The van der Waals surface area contributed by atoms with Gasteiger partial charge in [0.05, 0.1) is 0 Å². The molecule has 0 aliphatic carbocycles. The molecule has 2 radical (unpaired) electrons. The fraction of sp³-hybridized carbons (Fsp3) is 0.389. The first-order valence-corrected chi connectivity index (χ1v) is 7.06. The largest absolute Gasteiger partial charge is 0.297 e. The van der Waals surface area contributed by atoms with Crippen molar-refractivity contribution < 1.29 is 0 Å². The Bertz CT molecular complexity index is 376. The highest BCUT2D eigenvalue weighted by Crippen LogP contribution is 2.02. The Morgan fingerprint density at radius 3 is 2.58 bits per heavy atom. The fourth-order valence-corrected chi connectivity index (χ4v) is 1.88. The second-order valence-electron chi connectivity index (χ2n) is 5.23. The summed E-state index contributed by atoms with van der Waals surface area (Å²) < 4.78 is 0. The number of hydrogen-bond acceptors (Lipinski definition) is 1. The summed E-state index contributed by atoms with van der Waals surface area (Å²) in [6.07, 6.45) is 10.7. The molecule has 1 nitrogen and oxygen atoms in total. The van der Waals surface area contributed by atoms with E-state index in [1.807, 2.05) is 23.1 Å². The summed E-state index contributed by atoms with van der Waals surface area (Å²) >= 11 is 0. The van der Waals surface area contributed by atoms with Crippen LogP contribution in [0.2, 0.25) is 0 Å². The van der Waals surface area contributed by atoms with E-state index in [-0.39, 0.29) is 0 Å². The molecule has 1 heteroatoms. The minimum absolute atomic E-state index is 0.634. The van der Waals surface area contributed by atoms with Crippen molar-refractivity contribution in [1.29, 1.82) is 0 Å². The SMILES string of the molecule is [CH]N(CCC/C=C/C=C/c1ccccc1)CC(C)C. The van der Waals surface area contributed by atoms with Gasteiger partial charge in [0.1, 0.15) is 0 Å². The lowest BCUT2D eigenvalue weighted by Gasteiger charge is -2.17. The van der Waals surface area contributed by atoms with Crippen LogP contribution in [0.15, 0.2) is 48.6 Å². The Hall–Kier alpha value is -1.34. The lowest BCUT2D eigenvalue weighted by molar-refractivity contribution is 0.322. The molecule has 1 aromatic rings. The van der Waals surface area contributed by atoms with Crippen molar-refractivity contribution >= 4 is 6.08 Å². The Morgan fingerprint density at radius 1 is 1.16 bits per heavy atom. The first-order chi connectivity index (χ1) is 9.18. The number of allylic oxidation sites excluding steroid dienone is 3. The van der Waals surface area contributed by atoms with E-state index >= 15 is 0 Å². The van der Waals surface area contributed by atoms with Crippen LogP contribution in [0.25, 0.3) is 6.08 Å². The molecule has 1 rings (SSSR count). The van der Waals surface area contributed by atoms with E-state index in [1.165, 1.54) is 5.56 Å². The van der Waals surface area contributed by atoms with Gasteiger partial charge < -0.3 is 0 Å². The average molecular weight is 255 g/mol. The zero-order valence-electron chi connectivity index (χ0n) is 12.1. The Labute approximate surface area is 118 Å². The molecule has 0 fully saturated rings. The van der Waals surface area contributed by atoms with Crippen LogP contribution >= 0.6 is 0 Å². The van der Waals surface area contributed by atoms with Crippen molar-refractivity contribution in [1.82, 2.24) is 4.90 Å². The third-order valence-corrected chi connectivity index (χ3v) is 2.75. The normalized spacial score (nSPS) is 12.3. The van der Waals surface area contributed by atoms with Gasteiger partial charge in [-0.15, -0.1) is 0 Å². The minimum Gasteiger partial charge on any atom is -0.297 e. The maximum absolute atomic E-state index is 5.89. The second-order valence-corrected chi connectivity index (χ2v) is 5.23. The molecule has 0 aliphatic heterocycles. The molecular weight excluding hydrogens is 230 g/mol. The molecular formula is C18H25N. The molecule has 0 unspecified atom stereocenters. The van der Waals surface area contributed by atoms with E-state index in [1.54, 1.807) is 0 Å². The molecule has 19 heavy (non-hydrogen) atoms. The van der Waals surface area contributed by atoms with Gasteiger partial charge in [0, 0.05) is 13.6 Å². The lowest BCUT2D eigenvalue weighted by Crippen LogP contribution is -2.21. The van der Waals surface area contributed by atoms with Crippen LogP contribution < -0.4 is 0 Å². The maximum atomic E-state index is 5.89. The summed E-state index contributed by atoms with van der Waals surface area (Å²) in [6.45, 7) is 6.31. The Morgan fingerprint density at radius 2 is 1.89 bits per heavy atom. The zero-order valence-corrected chi connectivity index (χ0v) is 12.1. The van der Waals surface area contributed by atoms with E-state index in [2.05, 4.69) is 50.3 Å². The van der Waals surface area contributed by atoms with Crippen molar-refractivity contribution in [2.24, 2.45) is 5.92 Å². The quantitative estimate of drug-likeness (QED) is 0.371. The third-order valence-electron chi connectivity index (χ3n) is 2.75. The number of nitrogens with zero attached hydrogens (tertiary/aromatic N) is 1. The smallest absolute Gasteiger partial charge is 0.0438 e. The van der Waals surface area contributed by atoms with Crippen LogP contribution in [0, 0.1) is 13.0 Å². The number of unbranched alkanes of at least 4 members (excludes halogenated alkanes) is 1. The van der Waals surface area contributed by atoms with Gasteiger partial charge >= 0.3 is 0 Å². The van der Waals surface area contributed by atoms with E-state index < -0.39 is 0 Å². The minimum atomic E-state index is 0.634. The molecule has 0 heterocycles. The molecule has 0 saturated heterocycles. The monoisotopic (exact) mass is 255 g/mol. The van der Waals surface area contributed by atoms with Gasteiger partial charge in [-0.3, -0.25) is 4.90 Å². The van der Waals surface area contributed by atoms with E-state index in [0.717, 1.165) is 25.9 Å². The molecule has 0 N–H and O–H groups in total. The highest BCUT2D eigenvalue weighted by molar-refractivity contribution is 5.50. The highest BCUT2D eigenvalue weighted by atomic mass is 15.1. The first-order valence-electron chi connectivity index (χ1n) is 7.06. The van der Waals surface area contributed by atoms with Crippen molar-refractivity contribution in [2.45, 2.75) is 26.7 Å². The van der Waals surface area contributed by atoms with E-state index in [4.69, 9.17) is 7.05 Å². The first kappa shape index (κ1) is 15.7. The third kappa shape index (κ3) is 8.39. The summed E-state index contributed by atoms with van der Waals surface area (Å²) in [5, 5.41) is 0. The standard InChI is InChI=1S/C18H25N/c1-17(2)16-19(3)15-11-6-4-5-8-12-18-13-9-7-10-14-18/h3-5,7-10,12-14,17H,6,11,15-16H2,1-2H3/b5-4+,12-8+. The molecule has 0 spiro atoms. The predicted octanol–water partition coefficient (Wildman–Crippen LogP) is 4.66. The highest BCUT2D eigenvalue weighted by Gasteiger charge is 2.00. The molecule has 0 amide bonds. The average Bonchev–Trinajstić information content (AvgIpc) is 2.38. The van der Waals surface area contributed by atoms with Gasteiger partial charge in [-0.2, -0.15) is 0 Å². The van der Waals surface area contributed by atoms with Crippen molar-refractivity contribution in [3.8, 4) is 0 Å². The summed E-state index contributed by atoms with van der Waals surface area (Å²) in [4.78, 5) is 1.91. The topological polar surface area (TPSA) is 3.24 Å². The number of hydrogen-bond donors (Lipinski definition) is 0. The number of rotatable bonds is 8. The van der Waals surface area contributed by atoms with Gasteiger partial charge in [0.15, 0.2) is 0 Å². The lowest BCUT2D eigenvalue weighted by atomic mass is 10.2. The summed E-state index contributed by atoms with van der Waals surface area (Å²) in [5.74, 6) is 0.634. The molecule has 0 saturated carbocycles. The molecule has 1 aromatic carbocycles. The van der Waals surface area contributed by atoms with Crippen LogP contribution in [-0.2, 0) is 0 Å². The van der Waals surface area contributed by atoms with Crippen LogP contribution in [0.3, 0.4) is 0 Å². The molecule has 0 atom stereocenters. The van der Waals surface area contributed by atoms with Crippen molar-refractivity contribution in [3.63, 3.8) is 0 Å². The van der Waals surface area contributed by atoms with Crippen molar-refractivity contribution in [2.75, 3.05) is 13.1 Å². The van der Waals surface area contributed by atoms with Gasteiger partial charge in [-0.1, -0.05) is 68.5 Å². The fourth-order valence-electron chi connectivity index (χ4n) is 1.88. The van der Waals surface area contributed by atoms with Gasteiger partial charge in [0.25, 0.3) is 0 Å². The Balaban J connectivity index is 2.12. The van der Waals surface area contributed by atoms with Gasteiger partial charge in [-0.05, 0) is 30.9 Å². The van der Waals surface area contributed by atoms with E-state index in [9.17, 15) is 0 Å². The second kappa shape index (κ2) is 9.57. The van der Waals surface area contributed by atoms with Crippen molar-refractivity contribution in [3.05, 3.63) is 61.2 Å². The molecule has 0 aliphatic rings. The van der Waals surface area contributed by atoms with Gasteiger partial charge in [-0.25, -0.2) is 0 Å². The van der Waals surface area contributed by atoms with Crippen LogP contribution in [0.1, 0.15) is 32.3 Å². The summed E-state index contributed by atoms with van der Waals surface area (Å²) in [5.41, 5.74) is 1.23. The van der Waals surface area contributed by atoms with E-state index in [0.29, 0.717) is 5.92 Å². The van der Waals surface area contributed by atoms with Crippen LogP contribution in [0.5, 0.6) is 0 Å². The maximum Gasteiger partial charge on any atom is 0.0438 e.